The van der Waals surface area contributed by atoms with Gasteiger partial charge in [0.05, 0.1) is 30.3 Å². The van der Waals surface area contributed by atoms with Gasteiger partial charge in [-0.15, -0.1) is 0 Å². The van der Waals surface area contributed by atoms with E-state index in [0.717, 1.165) is 31.9 Å². The molecular formula is C19H22N4O4S. The Morgan fingerprint density at radius 1 is 1.07 bits per heavy atom. The molecule has 2 N–H and O–H groups in total. The molecule has 28 heavy (non-hydrogen) atoms. The number of hydrogen-bond donors (Lipinski definition) is 2. The van der Waals surface area contributed by atoms with Crippen molar-refractivity contribution in [2.75, 3.05) is 45.3 Å². The van der Waals surface area contributed by atoms with Crippen LogP contribution >= 0.6 is 0 Å². The lowest BCUT2D eigenvalue weighted by molar-refractivity contribution is 0.392. The molecule has 1 aromatic carbocycles. The van der Waals surface area contributed by atoms with Crippen molar-refractivity contribution >= 4 is 26.6 Å². The van der Waals surface area contributed by atoms with E-state index in [0.29, 0.717) is 16.8 Å². The van der Waals surface area contributed by atoms with Crippen LogP contribution in [0.25, 0.3) is 11.0 Å². The van der Waals surface area contributed by atoms with Crippen molar-refractivity contribution in [2.24, 2.45) is 0 Å². The Kier molecular flexibility index (Phi) is 4.86. The summed E-state index contributed by atoms with van der Waals surface area (Å²) in [5.41, 5.74) is 2.04. The number of hydrogen-bond acceptors (Lipinski definition) is 7. The van der Waals surface area contributed by atoms with Crippen LogP contribution in [0.1, 0.15) is 0 Å². The van der Waals surface area contributed by atoms with Crippen molar-refractivity contribution in [3.05, 3.63) is 36.7 Å². The number of benzene rings is 1. The predicted octanol–water partition coefficient (Wildman–Crippen LogP) is 1.82. The largest absolute Gasteiger partial charge is 0.497 e. The molecule has 0 atom stereocenters. The van der Waals surface area contributed by atoms with Gasteiger partial charge in [0.1, 0.15) is 21.9 Å². The number of aromatic nitrogens is 2. The summed E-state index contributed by atoms with van der Waals surface area (Å²) in [7, 11) is -0.927. The number of H-pyrrole nitrogens is 1. The first kappa shape index (κ1) is 18.6. The summed E-state index contributed by atoms with van der Waals surface area (Å²) < 4.78 is 37.4. The van der Waals surface area contributed by atoms with Gasteiger partial charge in [-0.1, -0.05) is 0 Å². The van der Waals surface area contributed by atoms with Crippen LogP contribution in [0.5, 0.6) is 11.5 Å². The van der Waals surface area contributed by atoms with Crippen LogP contribution in [0.3, 0.4) is 0 Å². The van der Waals surface area contributed by atoms with Gasteiger partial charge in [0.25, 0.3) is 0 Å². The van der Waals surface area contributed by atoms with E-state index in [-0.39, 0.29) is 15.5 Å². The number of anilines is 1. The van der Waals surface area contributed by atoms with Gasteiger partial charge in [-0.3, -0.25) is 4.98 Å². The van der Waals surface area contributed by atoms with E-state index in [4.69, 9.17) is 9.47 Å². The van der Waals surface area contributed by atoms with Crippen molar-refractivity contribution in [1.82, 2.24) is 15.3 Å². The Balaban J connectivity index is 1.86. The van der Waals surface area contributed by atoms with E-state index >= 15 is 0 Å². The lowest BCUT2D eigenvalue weighted by atomic mass is 10.3. The monoisotopic (exact) mass is 402 g/mol. The average molecular weight is 402 g/mol. The van der Waals surface area contributed by atoms with Crippen LogP contribution < -0.4 is 19.7 Å². The molecule has 148 valence electrons. The molecule has 8 nitrogen and oxygen atoms in total. The quantitative estimate of drug-likeness (QED) is 0.672. The molecule has 0 saturated carbocycles. The number of methoxy groups -OCH3 is 2. The summed E-state index contributed by atoms with van der Waals surface area (Å²) >= 11 is 0. The molecule has 0 amide bonds. The highest BCUT2D eigenvalue weighted by molar-refractivity contribution is 7.91. The lowest BCUT2D eigenvalue weighted by Crippen LogP contribution is -2.43. The molecule has 3 heterocycles. The smallest absolute Gasteiger partial charge is 0.212 e. The van der Waals surface area contributed by atoms with Crippen LogP contribution in [-0.2, 0) is 9.84 Å². The predicted molar refractivity (Wildman–Crippen MR) is 106 cm³/mol. The summed E-state index contributed by atoms with van der Waals surface area (Å²) in [6.07, 6.45) is 3.35. The van der Waals surface area contributed by atoms with Gasteiger partial charge in [0.2, 0.25) is 9.84 Å². The first-order chi connectivity index (χ1) is 13.6. The number of nitrogens with zero attached hydrogens (tertiary/aromatic N) is 2. The fraction of sp³-hybridized carbons (Fsp3) is 0.316. The van der Waals surface area contributed by atoms with Crippen LogP contribution in [0.2, 0.25) is 0 Å². The minimum Gasteiger partial charge on any atom is -0.497 e. The van der Waals surface area contributed by atoms with Gasteiger partial charge in [-0.25, -0.2) is 8.42 Å². The Labute approximate surface area is 163 Å². The zero-order valence-corrected chi connectivity index (χ0v) is 16.5. The number of rotatable bonds is 5. The summed E-state index contributed by atoms with van der Waals surface area (Å²) in [4.78, 5) is 9.98. The van der Waals surface area contributed by atoms with Gasteiger partial charge >= 0.3 is 0 Å². The summed E-state index contributed by atoms with van der Waals surface area (Å²) in [5, 5.41) is 3.31. The number of ether oxygens (including phenoxy) is 2. The number of nitrogens with one attached hydrogen (secondary N) is 2. The van der Waals surface area contributed by atoms with E-state index in [1.807, 2.05) is 6.20 Å². The van der Waals surface area contributed by atoms with Crippen LogP contribution in [0.15, 0.2) is 46.5 Å². The number of fused-ring (bicyclic) bond motifs is 1. The molecule has 1 fully saturated rings. The number of piperazine rings is 1. The van der Waals surface area contributed by atoms with Crippen LogP contribution in [0, 0.1) is 0 Å². The minimum absolute atomic E-state index is 0.0557. The zero-order chi connectivity index (χ0) is 19.7. The van der Waals surface area contributed by atoms with E-state index in [9.17, 15) is 8.42 Å². The third kappa shape index (κ3) is 3.06. The minimum atomic E-state index is -3.87. The van der Waals surface area contributed by atoms with Crippen molar-refractivity contribution < 1.29 is 17.9 Å². The fourth-order valence-electron chi connectivity index (χ4n) is 3.47. The zero-order valence-electron chi connectivity index (χ0n) is 15.7. The van der Waals surface area contributed by atoms with Crippen LogP contribution in [-0.4, -0.2) is 58.8 Å². The first-order valence-corrected chi connectivity index (χ1v) is 10.4. The molecule has 0 bridgehead atoms. The first-order valence-electron chi connectivity index (χ1n) is 8.95. The highest BCUT2D eigenvalue weighted by Gasteiger charge is 2.27. The maximum absolute atomic E-state index is 13.5. The highest BCUT2D eigenvalue weighted by atomic mass is 32.2. The normalized spacial score (nSPS) is 15.0. The Bertz CT molecular complexity index is 1100. The molecule has 0 aliphatic carbocycles. The molecule has 4 rings (SSSR count). The molecule has 9 heteroatoms. The number of aromatic amines is 1. The standard InChI is InChI=1S/C19H22N4O4S/c1-26-13-3-4-15(27-2)17(11-13)28(24,25)16-5-6-21-18-14(12-22-19(16)18)23-9-7-20-8-10-23/h3-6,11-12,20,22H,7-10H2,1-2H3. The van der Waals surface area contributed by atoms with Gasteiger partial charge < -0.3 is 24.7 Å². The van der Waals surface area contributed by atoms with Crippen molar-refractivity contribution in [3.8, 4) is 11.5 Å². The molecule has 0 radical (unpaired) electrons. The molecule has 1 aliphatic heterocycles. The Morgan fingerprint density at radius 3 is 2.57 bits per heavy atom. The lowest BCUT2D eigenvalue weighted by Gasteiger charge is -2.28. The van der Waals surface area contributed by atoms with Crippen molar-refractivity contribution in [2.45, 2.75) is 9.79 Å². The van der Waals surface area contributed by atoms with E-state index in [1.165, 1.54) is 32.5 Å². The van der Waals surface area contributed by atoms with Gasteiger partial charge in [-0.2, -0.15) is 0 Å². The second-order valence-corrected chi connectivity index (χ2v) is 8.35. The summed E-state index contributed by atoms with van der Waals surface area (Å²) in [5.74, 6) is 0.706. The summed E-state index contributed by atoms with van der Waals surface area (Å²) in [6.45, 7) is 3.45. The molecule has 1 aliphatic rings. The molecule has 0 spiro atoms. The van der Waals surface area contributed by atoms with E-state index in [1.54, 1.807) is 12.1 Å². The Hall–Kier alpha value is -2.78. The average Bonchev–Trinajstić information content (AvgIpc) is 3.18. The summed E-state index contributed by atoms with van der Waals surface area (Å²) in [6, 6.07) is 6.23. The van der Waals surface area contributed by atoms with E-state index < -0.39 is 9.84 Å². The molecule has 1 saturated heterocycles. The van der Waals surface area contributed by atoms with Crippen LogP contribution in [0.4, 0.5) is 5.69 Å². The maximum Gasteiger partial charge on any atom is 0.212 e. The molecule has 0 unspecified atom stereocenters. The number of pyridine rings is 1. The third-order valence-corrected chi connectivity index (χ3v) is 6.73. The number of sulfone groups is 1. The topological polar surface area (TPSA) is 96.6 Å². The maximum atomic E-state index is 13.5. The second kappa shape index (κ2) is 7.33. The molecule has 3 aromatic rings. The van der Waals surface area contributed by atoms with E-state index in [2.05, 4.69) is 20.2 Å². The third-order valence-electron chi connectivity index (χ3n) is 4.92. The SMILES string of the molecule is COc1ccc(OC)c(S(=O)(=O)c2ccnc3c(N4CCNCC4)c[nH]c23)c1. The van der Waals surface area contributed by atoms with Gasteiger partial charge in [-0.05, 0) is 18.2 Å². The van der Waals surface area contributed by atoms with Crippen molar-refractivity contribution in [3.63, 3.8) is 0 Å². The Morgan fingerprint density at radius 2 is 1.86 bits per heavy atom. The second-order valence-electron chi connectivity index (χ2n) is 6.46. The fourth-order valence-corrected chi connectivity index (χ4v) is 5.06. The van der Waals surface area contributed by atoms with Gasteiger partial charge in [0.15, 0.2) is 0 Å². The van der Waals surface area contributed by atoms with Gasteiger partial charge in [0, 0.05) is 44.6 Å². The molecular weight excluding hydrogens is 380 g/mol. The highest BCUT2D eigenvalue weighted by Crippen LogP contribution is 2.36. The molecule has 2 aromatic heterocycles. The van der Waals surface area contributed by atoms with Crippen molar-refractivity contribution in [1.29, 1.82) is 0 Å².